The zero-order valence-electron chi connectivity index (χ0n) is 23.6. The summed E-state index contributed by atoms with van der Waals surface area (Å²) < 4.78 is 19.8. The molecule has 2 heterocycles. The third kappa shape index (κ3) is 7.02. The summed E-state index contributed by atoms with van der Waals surface area (Å²) in [4.78, 5) is 29.4. The third-order valence-electron chi connectivity index (χ3n) is 6.57. The van der Waals surface area contributed by atoms with E-state index in [0.717, 1.165) is 31.3 Å². The van der Waals surface area contributed by atoms with Crippen molar-refractivity contribution in [1.29, 1.82) is 0 Å². The van der Waals surface area contributed by atoms with Gasteiger partial charge in [0.2, 0.25) is 17.8 Å². The fourth-order valence-electron chi connectivity index (χ4n) is 4.54. The molecule has 2 aromatic carbocycles. The molecule has 4 rings (SSSR count). The molecule has 0 unspecified atom stereocenters. The number of hydrogen-bond acceptors (Lipinski definition) is 10. The molecule has 1 atom stereocenters. The zero-order chi connectivity index (χ0) is 29.9. The van der Waals surface area contributed by atoms with Crippen LogP contribution in [0.25, 0.3) is 0 Å². The number of halogens is 2. The van der Waals surface area contributed by atoms with Crippen molar-refractivity contribution in [1.82, 2.24) is 19.9 Å². The minimum Gasteiger partial charge on any atom is -0.494 e. The van der Waals surface area contributed by atoms with Gasteiger partial charge < -0.3 is 35.6 Å². The highest BCUT2D eigenvalue weighted by Gasteiger charge is 2.31. The Morgan fingerprint density at radius 2 is 1.90 bits per heavy atom. The lowest BCUT2D eigenvalue weighted by Crippen LogP contribution is -2.53. The average Bonchev–Trinajstić information content (AvgIpc) is 2.89. The number of likely N-dealkylation sites (N-methyl/N-ethyl adjacent to an activating group) is 1. The summed E-state index contributed by atoms with van der Waals surface area (Å²) in [5.41, 5.74) is 1.13. The van der Waals surface area contributed by atoms with E-state index in [1.54, 1.807) is 13.2 Å². The third-order valence-corrected chi connectivity index (χ3v) is 6.86. The highest BCUT2D eigenvalue weighted by atomic mass is 35.5. The van der Waals surface area contributed by atoms with Crippen molar-refractivity contribution in [2.75, 3.05) is 55.1 Å². The van der Waals surface area contributed by atoms with E-state index in [9.17, 15) is 14.3 Å². The van der Waals surface area contributed by atoms with Gasteiger partial charge in [-0.25, -0.2) is 14.4 Å². The van der Waals surface area contributed by atoms with E-state index in [2.05, 4.69) is 47.3 Å². The molecule has 1 saturated heterocycles. The summed E-state index contributed by atoms with van der Waals surface area (Å²) in [5.74, 6) is -0.204. The van der Waals surface area contributed by atoms with Crippen LogP contribution >= 0.6 is 11.6 Å². The van der Waals surface area contributed by atoms with Crippen molar-refractivity contribution in [3.63, 3.8) is 0 Å². The van der Waals surface area contributed by atoms with E-state index in [1.165, 1.54) is 32.3 Å². The Morgan fingerprint density at radius 1 is 1.22 bits per heavy atom. The van der Waals surface area contributed by atoms with Crippen LogP contribution in [-0.2, 0) is 10.4 Å². The second-order valence-electron chi connectivity index (χ2n) is 10.4. The molecule has 3 aromatic rings. The maximum atomic E-state index is 14.2. The molecule has 0 bridgehead atoms. The fourth-order valence-corrected chi connectivity index (χ4v) is 4.70. The molecule has 1 fully saturated rings. The van der Waals surface area contributed by atoms with Gasteiger partial charge >= 0.3 is 0 Å². The highest BCUT2D eigenvalue weighted by Crippen LogP contribution is 2.41. The van der Waals surface area contributed by atoms with E-state index in [1.807, 2.05) is 20.2 Å². The fraction of sp³-hybridized carbons (Fsp3) is 0.357. The summed E-state index contributed by atoms with van der Waals surface area (Å²) in [5, 5.41) is 19.4. The Bertz CT molecular complexity index is 1450. The molecule has 1 aromatic heterocycles. The number of benzene rings is 2. The quantitative estimate of drug-likeness (QED) is 0.236. The number of rotatable bonds is 11. The number of nitrogens with one attached hydrogen (secondary N) is 3. The van der Waals surface area contributed by atoms with Crippen LogP contribution in [0, 0.1) is 5.82 Å². The van der Waals surface area contributed by atoms with E-state index in [0.29, 0.717) is 28.9 Å². The summed E-state index contributed by atoms with van der Waals surface area (Å²) in [7, 11) is 5.60. The molecule has 13 heteroatoms. The number of methoxy groups -OCH3 is 1. The number of hydrogen-bond donors (Lipinski definition) is 4. The van der Waals surface area contributed by atoms with Crippen LogP contribution in [0.1, 0.15) is 25.8 Å². The molecule has 1 aliphatic rings. The maximum absolute atomic E-state index is 14.2. The van der Waals surface area contributed by atoms with Gasteiger partial charge in [0.1, 0.15) is 17.9 Å². The molecule has 1 amide bonds. The topological polar surface area (TPSA) is 128 Å². The second-order valence-corrected chi connectivity index (χ2v) is 10.8. The number of ether oxygens (including phenoxy) is 1. The summed E-state index contributed by atoms with van der Waals surface area (Å²) in [6.45, 7) is 8.34. The van der Waals surface area contributed by atoms with Gasteiger partial charge in [0.05, 0.1) is 34.8 Å². The summed E-state index contributed by atoms with van der Waals surface area (Å²) >= 11 is 6.00. The number of anilines is 6. The van der Waals surface area contributed by atoms with Crippen molar-refractivity contribution >= 4 is 52.2 Å². The Kier molecular flexibility index (Phi) is 8.95. The van der Waals surface area contributed by atoms with Crippen molar-refractivity contribution in [3.8, 4) is 5.75 Å². The monoisotopic (exact) mass is 584 g/mol. The smallest absolute Gasteiger partial charge is 0.247 e. The van der Waals surface area contributed by atoms with E-state index in [-0.39, 0.29) is 28.4 Å². The van der Waals surface area contributed by atoms with E-state index >= 15 is 0 Å². The molecule has 4 N–H and O–H groups in total. The van der Waals surface area contributed by atoms with Gasteiger partial charge in [0.25, 0.3) is 0 Å². The van der Waals surface area contributed by atoms with Crippen molar-refractivity contribution in [3.05, 3.63) is 59.7 Å². The minimum absolute atomic E-state index is 0.123. The lowest BCUT2D eigenvalue weighted by Gasteiger charge is -2.45. The second kappa shape index (κ2) is 12.2. The Hall–Kier alpha value is -4.00. The highest BCUT2D eigenvalue weighted by molar-refractivity contribution is 6.31. The number of carbonyl (C=O) groups excluding carboxylic acids is 1. The first-order valence-electron chi connectivity index (χ1n) is 12.9. The van der Waals surface area contributed by atoms with Crippen molar-refractivity contribution < 1.29 is 19.0 Å². The molecular formula is C28H34ClFN8O3. The van der Waals surface area contributed by atoms with Crippen molar-refractivity contribution in [2.45, 2.75) is 31.9 Å². The summed E-state index contributed by atoms with van der Waals surface area (Å²) in [6.07, 6.45) is 3.53. The van der Waals surface area contributed by atoms with Crippen LogP contribution in [0.15, 0.2) is 43.2 Å². The Labute approximate surface area is 243 Å². The normalized spacial score (nSPS) is 14.9. The Morgan fingerprint density at radius 3 is 2.46 bits per heavy atom. The van der Waals surface area contributed by atoms with Gasteiger partial charge in [-0.3, -0.25) is 4.79 Å². The first-order valence-corrected chi connectivity index (χ1v) is 13.3. The lowest BCUT2D eigenvalue weighted by molar-refractivity contribution is -0.111. The number of carbonyl (C=O) groups is 1. The number of aromatic nitrogens is 3. The van der Waals surface area contributed by atoms with E-state index < -0.39 is 11.4 Å². The number of aliphatic hydroxyl groups is 1. The van der Waals surface area contributed by atoms with Gasteiger partial charge in [-0.1, -0.05) is 18.2 Å². The summed E-state index contributed by atoms with van der Waals surface area (Å²) in [6, 6.07) is 6.43. The first-order chi connectivity index (χ1) is 19.4. The van der Waals surface area contributed by atoms with Gasteiger partial charge in [-0.2, -0.15) is 4.98 Å². The first kappa shape index (κ1) is 30.0. The predicted octanol–water partition coefficient (Wildman–Crippen LogP) is 4.65. The molecule has 218 valence electrons. The molecule has 0 spiro atoms. The molecular weight excluding hydrogens is 551 g/mol. The SMILES string of the molecule is C=CC(=O)Nc1cc(Nc2ncnc(Nc3cc(Cl)c(F)cc3C(C)(C)O)n2)c(OC)cc1N1CC[C@@H]1CN(C)C. The van der Waals surface area contributed by atoms with Crippen LogP contribution < -0.4 is 25.6 Å². The molecule has 0 aliphatic carbocycles. The van der Waals surface area contributed by atoms with Gasteiger partial charge in [0, 0.05) is 36.4 Å². The van der Waals surface area contributed by atoms with Gasteiger partial charge in [-0.05, 0) is 58.6 Å². The molecule has 0 radical (unpaired) electrons. The van der Waals surface area contributed by atoms with Crippen LogP contribution in [0.2, 0.25) is 5.02 Å². The maximum Gasteiger partial charge on any atom is 0.247 e. The molecule has 1 aliphatic heterocycles. The lowest BCUT2D eigenvalue weighted by atomic mass is 9.96. The zero-order valence-corrected chi connectivity index (χ0v) is 24.4. The average molecular weight is 585 g/mol. The van der Waals surface area contributed by atoms with Crippen LogP contribution in [-0.4, -0.2) is 71.2 Å². The Balaban J connectivity index is 1.66. The number of amides is 1. The minimum atomic E-state index is -1.37. The van der Waals surface area contributed by atoms with Crippen LogP contribution in [0.4, 0.5) is 39.0 Å². The van der Waals surface area contributed by atoms with Crippen molar-refractivity contribution in [2.24, 2.45) is 0 Å². The molecule has 0 saturated carbocycles. The molecule has 41 heavy (non-hydrogen) atoms. The number of nitrogens with zero attached hydrogens (tertiary/aromatic N) is 5. The predicted molar refractivity (Wildman–Crippen MR) is 159 cm³/mol. The largest absolute Gasteiger partial charge is 0.494 e. The van der Waals surface area contributed by atoms with Gasteiger partial charge in [0.15, 0.2) is 0 Å². The molecule has 11 nitrogen and oxygen atoms in total. The van der Waals surface area contributed by atoms with Gasteiger partial charge in [-0.15, -0.1) is 0 Å². The van der Waals surface area contributed by atoms with E-state index in [4.69, 9.17) is 16.3 Å². The van der Waals surface area contributed by atoms with Crippen LogP contribution in [0.5, 0.6) is 5.75 Å². The standard InChI is InChI=1S/C28H34ClFN8O3/c1-7-25(39)33-21-12-22(24(41-6)13-23(21)38-9-8-16(38)14-37(4)5)35-27-32-15-31-26(36-27)34-20-11-18(29)19(30)10-17(20)28(2,3)40/h7,10-13,15-16,40H,1,8-9,14H2,2-6H3,(H,33,39)(H2,31,32,34,35,36)/t16-/m1/s1. The van der Waals surface area contributed by atoms with Crippen LogP contribution in [0.3, 0.4) is 0 Å².